The molecule has 112 valence electrons. The summed E-state index contributed by atoms with van der Waals surface area (Å²) in [7, 11) is 0. The Hall–Kier alpha value is -2.03. The molecule has 1 fully saturated rings. The van der Waals surface area contributed by atoms with Crippen LogP contribution in [-0.2, 0) is 0 Å². The minimum absolute atomic E-state index is 0.362. The van der Waals surface area contributed by atoms with Gasteiger partial charge in [-0.15, -0.1) is 0 Å². The van der Waals surface area contributed by atoms with Crippen molar-refractivity contribution in [1.29, 1.82) is 0 Å². The standard InChI is InChI=1S/C12H16N6O2S/c1-7(14-12(19)15-9-6-13-21-18-9)11-16-10(17-20-11)8-4-2-3-5-8/h6-8H,2-5H2,1H3,(H2,14,15,18,19). The number of rotatable bonds is 4. The van der Waals surface area contributed by atoms with Crippen LogP contribution in [0.4, 0.5) is 10.6 Å². The van der Waals surface area contributed by atoms with Crippen LogP contribution in [0.25, 0.3) is 0 Å². The Balaban J connectivity index is 1.57. The van der Waals surface area contributed by atoms with Gasteiger partial charge in [-0.3, -0.25) is 5.32 Å². The van der Waals surface area contributed by atoms with E-state index >= 15 is 0 Å². The topological polar surface area (TPSA) is 106 Å². The second kappa shape index (κ2) is 6.17. The molecular weight excluding hydrogens is 292 g/mol. The highest BCUT2D eigenvalue weighted by Gasteiger charge is 2.24. The van der Waals surface area contributed by atoms with Crippen molar-refractivity contribution in [2.75, 3.05) is 5.32 Å². The molecule has 0 radical (unpaired) electrons. The van der Waals surface area contributed by atoms with E-state index in [0.29, 0.717) is 17.6 Å². The fourth-order valence-corrected chi connectivity index (χ4v) is 2.78. The van der Waals surface area contributed by atoms with E-state index in [9.17, 15) is 4.79 Å². The number of aromatic nitrogens is 4. The average molecular weight is 308 g/mol. The van der Waals surface area contributed by atoms with Crippen LogP contribution in [0.1, 0.15) is 56.3 Å². The zero-order valence-corrected chi connectivity index (χ0v) is 12.4. The first-order valence-electron chi connectivity index (χ1n) is 6.91. The number of nitrogens with zero attached hydrogens (tertiary/aromatic N) is 4. The summed E-state index contributed by atoms with van der Waals surface area (Å²) in [4.78, 5) is 16.2. The summed E-state index contributed by atoms with van der Waals surface area (Å²) in [5.41, 5.74) is 0. The highest BCUT2D eigenvalue weighted by atomic mass is 32.1. The molecule has 0 aliphatic heterocycles. The van der Waals surface area contributed by atoms with Crippen molar-refractivity contribution in [2.24, 2.45) is 0 Å². The number of nitrogens with one attached hydrogen (secondary N) is 2. The van der Waals surface area contributed by atoms with E-state index in [1.54, 1.807) is 6.92 Å². The molecule has 1 unspecified atom stereocenters. The fraction of sp³-hybridized carbons (Fsp3) is 0.583. The number of carbonyl (C=O) groups is 1. The molecule has 2 heterocycles. The van der Waals surface area contributed by atoms with Crippen molar-refractivity contribution in [3.8, 4) is 0 Å². The van der Waals surface area contributed by atoms with Crippen LogP contribution in [0.15, 0.2) is 10.7 Å². The van der Waals surface area contributed by atoms with Crippen LogP contribution < -0.4 is 10.6 Å². The van der Waals surface area contributed by atoms with E-state index in [1.165, 1.54) is 19.0 Å². The average Bonchev–Trinajstić information content (AvgIpc) is 3.20. The van der Waals surface area contributed by atoms with Gasteiger partial charge in [-0.05, 0) is 19.8 Å². The molecule has 3 rings (SSSR count). The Kier molecular flexibility index (Phi) is 4.09. The van der Waals surface area contributed by atoms with Gasteiger partial charge in [0.15, 0.2) is 11.6 Å². The first-order chi connectivity index (χ1) is 10.2. The molecule has 0 bridgehead atoms. The summed E-state index contributed by atoms with van der Waals surface area (Å²) >= 11 is 1.03. The van der Waals surface area contributed by atoms with E-state index in [-0.39, 0.29) is 12.1 Å². The molecule has 1 saturated carbocycles. The van der Waals surface area contributed by atoms with Gasteiger partial charge in [0.1, 0.15) is 6.04 Å². The third kappa shape index (κ3) is 3.35. The molecule has 1 aliphatic carbocycles. The summed E-state index contributed by atoms with van der Waals surface area (Å²) in [6.07, 6.45) is 6.13. The second-order valence-corrected chi connectivity index (χ2v) is 5.64. The zero-order chi connectivity index (χ0) is 14.7. The lowest BCUT2D eigenvalue weighted by Gasteiger charge is -2.09. The summed E-state index contributed by atoms with van der Waals surface area (Å²) in [5, 5.41) is 9.33. The molecule has 8 nitrogen and oxygen atoms in total. The lowest BCUT2D eigenvalue weighted by atomic mass is 10.1. The molecule has 9 heteroatoms. The number of anilines is 1. The third-order valence-electron chi connectivity index (χ3n) is 3.50. The Labute approximate surface area is 125 Å². The maximum Gasteiger partial charge on any atom is 0.321 e. The number of hydrogen-bond acceptors (Lipinski definition) is 7. The van der Waals surface area contributed by atoms with Gasteiger partial charge in [0.05, 0.1) is 17.9 Å². The minimum atomic E-state index is -0.379. The summed E-state index contributed by atoms with van der Waals surface area (Å²) in [5.74, 6) is 1.98. The first kappa shape index (κ1) is 13.9. The van der Waals surface area contributed by atoms with Crippen molar-refractivity contribution in [1.82, 2.24) is 24.2 Å². The van der Waals surface area contributed by atoms with E-state index in [0.717, 1.165) is 30.4 Å². The van der Waals surface area contributed by atoms with Gasteiger partial charge >= 0.3 is 6.03 Å². The molecule has 1 aliphatic rings. The molecule has 2 aromatic heterocycles. The van der Waals surface area contributed by atoms with Crippen molar-refractivity contribution < 1.29 is 9.32 Å². The maximum absolute atomic E-state index is 11.8. The maximum atomic E-state index is 11.8. The molecule has 21 heavy (non-hydrogen) atoms. The number of urea groups is 1. The van der Waals surface area contributed by atoms with E-state index < -0.39 is 0 Å². The molecule has 0 aromatic carbocycles. The van der Waals surface area contributed by atoms with Crippen molar-refractivity contribution in [3.05, 3.63) is 17.9 Å². The summed E-state index contributed by atoms with van der Waals surface area (Å²) in [6.45, 7) is 1.80. The van der Waals surface area contributed by atoms with Crippen molar-refractivity contribution in [3.63, 3.8) is 0 Å². The summed E-state index contributed by atoms with van der Waals surface area (Å²) in [6, 6.07) is -0.741. The Morgan fingerprint density at radius 3 is 3.00 bits per heavy atom. The lowest BCUT2D eigenvalue weighted by molar-refractivity contribution is 0.245. The van der Waals surface area contributed by atoms with Crippen LogP contribution >= 0.6 is 11.7 Å². The number of carbonyl (C=O) groups excluding carboxylic acids is 1. The van der Waals surface area contributed by atoms with Crippen molar-refractivity contribution >= 4 is 23.6 Å². The SMILES string of the molecule is CC(NC(=O)Nc1cnsn1)c1nc(C2CCCC2)no1. The van der Waals surface area contributed by atoms with Gasteiger partial charge < -0.3 is 9.84 Å². The number of amides is 2. The molecular formula is C12H16N6O2S. The summed E-state index contributed by atoms with van der Waals surface area (Å²) < 4.78 is 13.0. The van der Waals surface area contributed by atoms with E-state index in [2.05, 4.69) is 29.5 Å². The fourth-order valence-electron chi connectivity index (χ4n) is 2.40. The quantitative estimate of drug-likeness (QED) is 0.898. The van der Waals surface area contributed by atoms with E-state index in [4.69, 9.17) is 4.52 Å². The first-order valence-corrected chi connectivity index (χ1v) is 7.64. The Morgan fingerprint density at radius 1 is 1.48 bits per heavy atom. The van der Waals surface area contributed by atoms with Crippen LogP contribution in [0.5, 0.6) is 0 Å². The second-order valence-electron chi connectivity index (χ2n) is 5.09. The van der Waals surface area contributed by atoms with Crippen LogP contribution in [0, 0.1) is 0 Å². The molecule has 0 spiro atoms. The largest absolute Gasteiger partial charge is 0.337 e. The normalized spacial score (nSPS) is 16.8. The van der Waals surface area contributed by atoms with Gasteiger partial charge in [-0.2, -0.15) is 13.7 Å². The predicted octanol–water partition coefficient (Wildman–Crippen LogP) is 2.46. The van der Waals surface area contributed by atoms with Gasteiger partial charge in [0.2, 0.25) is 5.89 Å². The molecule has 0 saturated heterocycles. The molecule has 1 atom stereocenters. The van der Waals surface area contributed by atoms with Gasteiger partial charge in [0.25, 0.3) is 0 Å². The van der Waals surface area contributed by atoms with Gasteiger partial charge in [0, 0.05) is 5.92 Å². The predicted molar refractivity (Wildman–Crippen MR) is 76.0 cm³/mol. The van der Waals surface area contributed by atoms with Crippen LogP contribution in [-0.4, -0.2) is 24.9 Å². The Bertz CT molecular complexity index is 593. The van der Waals surface area contributed by atoms with Crippen molar-refractivity contribution in [2.45, 2.75) is 44.6 Å². The van der Waals surface area contributed by atoms with Crippen LogP contribution in [0.3, 0.4) is 0 Å². The molecule has 2 amide bonds. The number of hydrogen-bond donors (Lipinski definition) is 2. The monoisotopic (exact) mass is 308 g/mol. The van der Waals surface area contributed by atoms with Gasteiger partial charge in [-0.25, -0.2) is 4.79 Å². The van der Waals surface area contributed by atoms with E-state index in [1.807, 2.05) is 0 Å². The van der Waals surface area contributed by atoms with Gasteiger partial charge in [-0.1, -0.05) is 18.0 Å². The molecule has 2 N–H and O–H groups in total. The molecule has 2 aromatic rings. The van der Waals surface area contributed by atoms with Crippen LogP contribution in [0.2, 0.25) is 0 Å². The smallest absolute Gasteiger partial charge is 0.321 e. The third-order valence-corrected chi connectivity index (χ3v) is 3.98. The minimum Gasteiger partial charge on any atom is -0.337 e. The highest BCUT2D eigenvalue weighted by Crippen LogP contribution is 2.32. The zero-order valence-electron chi connectivity index (χ0n) is 11.6. The highest BCUT2D eigenvalue weighted by molar-refractivity contribution is 6.99. The Morgan fingerprint density at radius 2 is 2.29 bits per heavy atom. The lowest BCUT2D eigenvalue weighted by Crippen LogP contribution is -2.31.